The van der Waals surface area contributed by atoms with Crippen LogP contribution in [0.25, 0.3) is 10.8 Å². The average molecular weight is 463 g/mol. The van der Waals surface area contributed by atoms with Gasteiger partial charge in [0, 0.05) is 5.39 Å². The molecule has 3 aromatic carbocycles. The van der Waals surface area contributed by atoms with Crippen molar-refractivity contribution >= 4 is 10.8 Å². The van der Waals surface area contributed by atoms with Crippen molar-refractivity contribution in [1.29, 1.82) is 0 Å². The van der Waals surface area contributed by atoms with Crippen LogP contribution < -0.4 is 4.74 Å². The van der Waals surface area contributed by atoms with E-state index in [4.69, 9.17) is 0 Å². The number of aryl methyl sites for hydroxylation is 2. The van der Waals surface area contributed by atoms with Gasteiger partial charge < -0.3 is 4.74 Å². The Morgan fingerprint density at radius 1 is 0.879 bits per heavy atom. The van der Waals surface area contributed by atoms with Crippen LogP contribution in [-0.2, 0) is 12.8 Å². The Labute approximate surface area is 190 Å². The first-order chi connectivity index (χ1) is 15.9. The van der Waals surface area contributed by atoms with Crippen LogP contribution in [0.5, 0.6) is 5.75 Å². The highest BCUT2D eigenvalue weighted by molar-refractivity contribution is 5.84. The van der Waals surface area contributed by atoms with Gasteiger partial charge in [-0.1, -0.05) is 43.7 Å². The van der Waals surface area contributed by atoms with Crippen LogP contribution in [0.3, 0.4) is 0 Å². The second-order valence-electron chi connectivity index (χ2n) is 8.91. The molecule has 0 aliphatic heterocycles. The van der Waals surface area contributed by atoms with Gasteiger partial charge >= 0.3 is 6.61 Å². The molecule has 4 rings (SSSR count). The molecule has 0 bridgehead atoms. The van der Waals surface area contributed by atoms with E-state index in [9.17, 15) is 17.6 Å². The molecule has 0 saturated heterocycles. The summed E-state index contributed by atoms with van der Waals surface area (Å²) >= 11 is 0. The van der Waals surface area contributed by atoms with Gasteiger partial charge in [0.15, 0.2) is 17.4 Å². The van der Waals surface area contributed by atoms with E-state index in [0.29, 0.717) is 16.9 Å². The van der Waals surface area contributed by atoms with Crippen LogP contribution in [0, 0.1) is 23.4 Å². The summed E-state index contributed by atoms with van der Waals surface area (Å²) in [7, 11) is 0. The molecule has 3 aromatic rings. The zero-order valence-corrected chi connectivity index (χ0v) is 18.5. The van der Waals surface area contributed by atoms with E-state index < -0.39 is 24.0 Å². The number of rotatable bonds is 7. The Bertz CT molecular complexity index is 1100. The van der Waals surface area contributed by atoms with E-state index >= 15 is 4.39 Å². The van der Waals surface area contributed by atoms with Crippen LogP contribution in [0.2, 0.25) is 0 Å². The molecule has 0 unspecified atom stereocenters. The van der Waals surface area contributed by atoms with Gasteiger partial charge in [-0.05, 0) is 84.6 Å². The summed E-state index contributed by atoms with van der Waals surface area (Å²) in [4.78, 5) is 0. The van der Waals surface area contributed by atoms with Crippen LogP contribution in [0.15, 0.2) is 42.5 Å². The molecule has 1 saturated carbocycles. The number of ether oxygens (including phenoxy) is 1. The van der Waals surface area contributed by atoms with Crippen molar-refractivity contribution < 1.29 is 26.7 Å². The smallest absolute Gasteiger partial charge is 0.387 e. The van der Waals surface area contributed by atoms with Gasteiger partial charge in [0.05, 0.1) is 0 Å². The summed E-state index contributed by atoms with van der Waals surface area (Å²) in [5.74, 6) is -2.52. The minimum Gasteiger partial charge on any atom is -0.429 e. The minimum atomic E-state index is -3.32. The van der Waals surface area contributed by atoms with E-state index in [1.54, 1.807) is 6.07 Å². The van der Waals surface area contributed by atoms with Crippen LogP contribution >= 0.6 is 0 Å². The molecule has 1 aliphatic carbocycles. The van der Waals surface area contributed by atoms with Gasteiger partial charge in [-0.3, -0.25) is 0 Å². The summed E-state index contributed by atoms with van der Waals surface area (Å²) in [6.45, 7) is -1.08. The number of hydrogen-bond donors (Lipinski definition) is 0. The maximum absolute atomic E-state index is 15.2. The fourth-order valence-corrected chi connectivity index (χ4v) is 4.94. The van der Waals surface area contributed by atoms with Crippen molar-refractivity contribution in [3.8, 4) is 5.75 Å². The highest BCUT2D eigenvalue weighted by Gasteiger charge is 2.22. The number of hydrogen-bond acceptors (Lipinski definition) is 1. The highest BCUT2D eigenvalue weighted by atomic mass is 19.3. The first kappa shape index (κ1) is 23.5. The van der Waals surface area contributed by atoms with Crippen molar-refractivity contribution in [2.45, 2.75) is 64.4 Å². The Morgan fingerprint density at radius 3 is 2.21 bits per heavy atom. The normalized spacial score (nSPS) is 18.8. The maximum atomic E-state index is 15.2. The molecule has 0 N–H and O–H groups in total. The largest absolute Gasteiger partial charge is 0.429 e. The standard InChI is InChI=1S/C27H27F5O/c1-2-16-3-6-18(7-4-16)20-11-12-22-21(15-20)10-9-19(25(22)30)8-5-17-13-23(28)26(24(29)14-17)33-27(31)32/h9-16,18,27H,2-8H2,1H3. The molecule has 0 amide bonds. The SMILES string of the molecule is CCC1CCC(c2ccc3c(F)c(CCc4cc(F)c(OC(F)F)c(F)c4)ccc3c2)CC1. The fourth-order valence-electron chi connectivity index (χ4n) is 4.94. The molecule has 0 spiro atoms. The van der Waals surface area contributed by atoms with Gasteiger partial charge in [-0.15, -0.1) is 0 Å². The van der Waals surface area contributed by atoms with Crippen molar-refractivity contribution in [2.75, 3.05) is 0 Å². The zero-order valence-electron chi connectivity index (χ0n) is 18.5. The first-order valence-electron chi connectivity index (χ1n) is 11.5. The topological polar surface area (TPSA) is 9.23 Å². The van der Waals surface area contributed by atoms with E-state index in [-0.39, 0.29) is 24.2 Å². The van der Waals surface area contributed by atoms with Gasteiger partial charge in [0.25, 0.3) is 0 Å². The lowest BCUT2D eigenvalue weighted by Gasteiger charge is -2.28. The van der Waals surface area contributed by atoms with Crippen molar-refractivity contribution in [3.63, 3.8) is 0 Å². The van der Waals surface area contributed by atoms with E-state index in [1.807, 2.05) is 18.2 Å². The van der Waals surface area contributed by atoms with E-state index in [0.717, 1.165) is 23.4 Å². The molecule has 0 aromatic heterocycles. The van der Waals surface area contributed by atoms with Crippen molar-refractivity contribution in [1.82, 2.24) is 0 Å². The number of alkyl halides is 2. The highest BCUT2D eigenvalue weighted by Crippen LogP contribution is 2.38. The summed E-state index contributed by atoms with van der Waals surface area (Å²) in [5.41, 5.74) is 1.93. The molecular weight excluding hydrogens is 435 g/mol. The lowest BCUT2D eigenvalue weighted by atomic mass is 9.77. The van der Waals surface area contributed by atoms with E-state index in [1.165, 1.54) is 37.7 Å². The van der Waals surface area contributed by atoms with E-state index in [2.05, 4.69) is 17.7 Å². The second kappa shape index (κ2) is 10.1. The quantitative estimate of drug-likeness (QED) is 0.321. The molecule has 1 aliphatic rings. The van der Waals surface area contributed by atoms with Gasteiger partial charge in [-0.25, -0.2) is 13.2 Å². The minimum absolute atomic E-state index is 0.157. The van der Waals surface area contributed by atoms with Gasteiger partial charge in [0.2, 0.25) is 0 Å². The molecule has 176 valence electrons. The summed E-state index contributed by atoms with van der Waals surface area (Å²) in [5, 5.41) is 1.37. The molecule has 0 radical (unpaired) electrons. The monoisotopic (exact) mass is 462 g/mol. The predicted octanol–water partition coefficient (Wildman–Crippen LogP) is 8.33. The summed E-state index contributed by atoms with van der Waals surface area (Å²) in [6, 6.07) is 11.4. The lowest BCUT2D eigenvalue weighted by Crippen LogP contribution is -2.12. The van der Waals surface area contributed by atoms with Crippen LogP contribution in [0.1, 0.15) is 61.6 Å². The first-order valence-corrected chi connectivity index (χ1v) is 11.5. The fraction of sp³-hybridized carbons (Fsp3) is 0.407. The Hall–Kier alpha value is -2.63. The summed E-state index contributed by atoms with van der Waals surface area (Å²) < 4.78 is 71.5. The number of fused-ring (bicyclic) bond motifs is 1. The Balaban J connectivity index is 1.48. The Kier molecular flexibility index (Phi) is 7.20. The maximum Gasteiger partial charge on any atom is 0.387 e. The number of benzene rings is 3. The third-order valence-corrected chi connectivity index (χ3v) is 6.90. The van der Waals surface area contributed by atoms with Crippen molar-refractivity contribution in [3.05, 3.63) is 76.6 Å². The average Bonchev–Trinajstić information content (AvgIpc) is 2.81. The molecule has 6 heteroatoms. The lowest BCUT2D eigenvalue weighted by molar-refractivity contribution is -0.0546. The molecule has 0 atom stereocenters. The Morgan fingerprint density at radius 2 is 1.58 bits per heavy atom. The molecule has 0 heterocycles. The molecular formula is C27H27F5O. The number of halogens is 5. The van der Waals surface area contributed by atoms with Crippen LogP contribution in [0.4, 0.5) is 22.0 Å². The summed E-state index contributed by atoms with van der Waals surface area (Å²) in [6.07, 6.45) is 6.41. The van der Waals surface area contributed by atoms with Gasteiger partial charge in [-0.2, -0.15) is 8.78 Å². The zero-order chi connectivity index (χ0) is 23.5. The third kappa shape index (κ3) is 5.31. The molecule has 1 fully saturated rings. The molecule has 33 heavy (non-hydrogen) atoms. The molecule has 1 nitrogen and oxygen atoms in total. The van der Waals surface area contributed by atoms with Crippen LogP contribution in [-0.4, -0.2) is 6.61 Å². The predicted molar refractivity (Wildman–Crippen MR) is 119 cm³/mol. The van der Waals surface area contributed by atoms with Crippen molar-refractivity contribution in [2.24, 2.45) is 5.92 Å². The van der Waals surface area contributed by atoms with Gasteiger partial charge in [0.1, 0.15) is 5.82 Å². The third-order valence-electron chi connectivity index (χ3n) is 6.90. The second-order valence-corrected chi connectivity index (χ2v) is 8.91.